The maximum absolute atomic E-state index is 13.9. The third kappa shape index (κ3) is 7.02. The lowest BCUT2D eigenvalue weighted by molar-refractivity contribution is -0.134. The number of hydrogen-bond acceptors (Lipinski definition) is 5. The molecule has 1 aliphatic rings. The van der Waals surface area contributed by atoms with Crippen molar-refractivity contribution in [2.75, 3.05) is 19.0 Å². The maximum Gasteiger partial charge on any atom is 0.337 e. The van der Waals surface area contributed by atoms with Crippen LogP contribution in [0.1, 0.15) is 44.4 Å². The number of urea groups is 1. The first-order valence-electron chi connectivity index (χ1n) is 13.7. The molecule has 210 valence electrons. The molecular weight excluding hydrogens is 534 g/mol. The second-order valence-corrected chi connectivity index (χ2v) is 11.1. The molecule has 1 heterocycles. The number of esters is 1. The summed E-state index contributed by atoms with van der Waals surface area (Å²) in [4.78, 5) is 41.6. The highest BCUT2D eigenvalue weighted by Crippen LogP contribution is 2.41. The highest BCUT2D eigenvalue weighted by Gasteiger charge is 2.36. The van der Waals surface area contributed by atoms with Gasteiger partial charge in [-0.3, -0.25) is 4.79 Å². The van der Waals surface area contributed by atoms with E-state index in [9.17, 15) is 14.4 Å². The first-order chi connectivity index (χ1) is 20.0. The third-order valence-corrected chi connectivity index (χ3v) is 8.31. The number of methoxy groups -OCH3 is 1. The number of nitrogens with one attached hydrogen (secondary N) is 2. The van der Waals surface area contributed by atoms with E-state index < -0.39 is 12.0 Å². The summed E-state index contributed by atoms with van der Waals surface area (Å²) >= 11 is 1.62. The molecule has 1 aromatic heterocycles. The fourth-order valence-corrected chi connectivity index (χ4v) is 6.25. The van der Waals surface area contributed by atoms with Crippen LogP contribution in [0.2, 0.25) is 0 Å². The van der Waals surface area contributed by atoms with E-state index in [1.54, 1.807) is 29.5 Å². The predicted molar refractivity (Wildman–Crippen MR) is 161 cm³/mol. The molecular formula is C33H33N3O4S. The summed E-state index contributed by atoms with van der Waals surface area (Å²) in [5.74, 6) is -0.422. The van der Waals surface area contributed by atoms with Crippen molar-refractivity contribution in [1.29, 1.82) is 0 Å². The summed E-state index contributed by atoms with van der Waals surface area (Å²) in [6, 6.07) is 28.6. The topological polar surface area (TPSA) is 87.7 Å². The average Bonchev–Trinajstić information content (AvgIpc) is 3.52. The van der Waals surface area contributed by atoms with E-state index in [1.165, 1.54) is 29.9 Å². The molecule has 8 heteroatoms. The normalized spacial score (nSPS) is 15.8. The Hall–Kier alpha value is -4.43. The van der Waals surface area contributed by atoms with Crippen molar-refractivity contribution in [2.45, 2.75) is 31.8 Å². The van der Waals surface area contributed by atoms with E-state index in [4.69, 9.17) is 4.74 Å². The van der Waals surface area contributed by atoms with Gasteiger partial charge >= 0.3 is 12.0 Å². The molecule has 2 atom stereocenters. The van der Waals surface area contributed by atoms with Crippen molar-refractivity contribution in [3.8, 4) is 0 Å². The molecule has 0 fully saturated rings. The third-order valence-electron chi connectivity index (χ3n) is 7.45. The molecule has 0 spiro atoms. The number of hydrogen-bond donors (Lipinski definition) is 2. The van der Waals surface area contributed by atoms with Gasteiger partial charge in [-0.05, 0) is 71.5 Å². The Morgan fingerprint density at radius 2 is 1.76 bits per heavy atom. The van der Waals surface area contributed by atoms with E-state index in [2.05, 4.69) is 53.1 Å². The number of anilines is 1. The summed E-state index contributed by atoms with van der Waals surface area (Å²) in [7, 11) is 1.30. The van der Waals surface area contributed by atoms with Crippen LogP contribution in [0.3, 0.4) is 0 Å². The molecule has 0 radical (unpaired) electrons. The van der Waals surface area contributed by atoms with E-state index >= 15 is 0 Å². The Labute approximate surface area is 244 Å². The van der Waals surface area contributed by atoms with Crippen LogP contribution >= 0.6 is 11.3 Å². The van der Waals surface area contributed by atoms with E-state index in [-0.39, 0.29) is 24.4 Å². The first kappa shape index (κ1) is 28.1. The zero-order chi connectivity index (χ0) is 28.6. The number of amides is 3. The Kier molecular flexibility index (Phi) is 9.11. The van der Waals surface area contributed by atoms with Crippen molar-refractivity contribution in [1.82, 2.24) is 10.2 Å². The van der Waals surface area contributed by atoms with Gasteiger partial charge in [-0.2, -0.15) is 0 Å². The standard InChI is InChI=1S/C33H33N3O4S/c1-40-32(38)26-12-7-13-27(20-26)35-33(39)34-21-30(37)36(22-28-14-8-18-41-28)31-25(19-23-9-3-2-4-10-23)17-16-24-11-5-6-15-29(24)31/h2-15,18,20,25,31H,16-17,19,21-22H2,1H3,(H2,34,35,39). The van der Waals surface area contributed by atoms with Gasteiger partial charge in [-0.25, -0.2) is 9.59 Å². The lowest BCUT2D eigenvalue weighted by Gasteiger charge is -2.41. The fourth-order valence-electron chi connectivity index (χ4n) is 5.54. The Morgan fingerprint density at radius 1 is 0.951 bits per heavy atom. The van der Waals surface area contributed by atoms with Crippen LogP contribution in [0.5, 0.6) is 0 Å². The minimum absolute atomic E-state index is 0.128. The highest BCUT2D eigenvalue weighted by atomic mass is 32.1. The SMILES string of the molecule is COC(=O)c1cccc(NC(=O)NCC(=O)N(Cc2cccs2)C2c3ccccc3CCC2Cc2ccccc2)c1. The Balaban J connectivity index is 1.37. The molecule has 2 unspecified atom stereocenters. The molecule has 5 rings (SSSR count). The zero-order valence-electron chi connectivity index (χ0n) is 22.9. The number of rotatable bonds is 9. The number of benzene rings is 3. The highest BCUT2D eigenvalue weighted by molar-refractivity contribution is 7.09. The van der Waals surface area contributed by atoms with E-state index in [1.807, 2.05) is 34.5 Å². The van der Waals surface area contributed by atoms with Crippen molar-refractivity contribution < 1.29 is 19.1 Å². The van der Waals surface area contributed by atoms with Crippen molar-refractivity contribution in [2.24, 2.45) is 5.92 Å². The second kappa shape index (κ2) is 13.3. The Bertz CT molecular complexity index is 1490. The molecule has 3 aromatic carbocycles. The van der Waals surface area contributed by atoms with Crippen LogP contribution in [-0.4, -0.2) is 36.5 Å². The van der Waals surface area contributed by atoms with Crippen LogP contribution in [0.4, 0.5) is 10.5 Å². The number of carbonyl (C=O) groups is 3. The molecule has 0 saturated carbocycles. The number of nitrogens with zero attached hydrogens (tertiary/aromatic N) is 1. The van der Waals surface area contributed by atoms with Gasteiger partial charge in [0, 0.05) is 10.6 Å². The van der Waals surface area contributed by atoms with Crippen molar-refractivity contribution in [3.63, 3.8) is 0 Å². The van der Waals surface area contributed by atoms with E-state index in [0.29, 0.717) is 17.8 Å². The van der Waals surface area contributed by atoms with Gasteiger partial charge in [-0.15, -0.1) is 11.3 Å². The fraction of sp³-hybridized carbons (Fsp3) is 0.242. The van der Waals surface area contributed by atoms with Crippen LogP contribution in [0, 0.1) is 5.92 Å². The molecule has 7 nitrogen and oxygen atoms in total. The van der Waals surface area contributed by atoms with Gasteiger partial charge in [0.1, 0.15) is 0 Å². The minimum Gasteiger partial charge on any atom is -0.465 e. The maximum atomic E-state index is 13.9. The summed E-state index contributed by atoms with van der Waals surface area (Å²) < 4.78 is 4.76. The first-order valence-corrected chi connectivity index (χ1v) is 14.6. The number of aryl methyl sites for hydroxylation is 1. The summed E-state index contributed by atoms with van der Waals surface area (Å²) in [5, 5.41) is 7.45. The number of thiophene rings is 1. The molecule has 2 N–H and O–H groups in total. The van der Waals surface area contributed by atoms with Crippen LogP contribution in [0.15, 0.2) is 96.4 Å². The van der Waals surface area contributed by atoms with Crippen LogP contribution < -0.4 is 10.6 Å². The molecule has 0 bridgehead atoms. The number of ether oxygens (including phenoxy) is 1. The molecule has 1 aliphatic carbocycles. The summed E-state index contributed by atoms with van der Waals surface area (Å²) in [6.45, 7) is 0.301. The average molecular weight is 568 g/mol. The van der Waals surface area contributed by atoms with Crippen LogP contribution in [0.25, 0.3) is 0 Å². The molecule has 0 saturated heterocycles. The number of carbonyl (C=O) groups excluding carboxylic acids is 3. The summed E-state index contributed by atoms with van der Waals surface area (Å²) in [6.07, 6.45) is 2.80. The lowest BCUT2D eigenvalue weighted by Crippen LogP contribution is -2.46. The largest absolute Gasteiger partial charge is 0.465 e. The van der Waals surface area contributed by atoms with Gasteiger partial charge < -0.3 is 20.3 Å². The minimum atomic E-state index is -0.527. The summed E-state index contributed by atoms with van der Waals surface area (Å²) in [5.41, 5.74) is 4.44. The van der Waals surface area contributed by atoms with Gasteiger partial charge in [0.15, 0.2) is 0 Å². The zero-order valence-corrected chi connectivity index (χ0v) is 23.7. The quantitative estimate of drug-likeness (QED) is 0.235. The van der Waals surface area contributed by atoms with Crippen molar-refractivity contribution >= 4 is 34.9 Å². The Morgan fingerprint density at radius 3 is 2.54 bits per heavy atom. The van der Waals surface area contributed by atoms with E-state index in [0.717, 1.165) is 24.1 Å². The molecule has 4 aromatic rings. The molecule has 3 amide bonds. The van der Waals surface area contributed by atoms with Gasteiger partial charge in [0.2, 0.25) is 5.91 Å². The molecule has 41 heavy (non-hydrogen) atoms. The monoisotopic (exact) mass is 567 g/mol. The van der Waals surface area contributed by atoms with Gasteiger partial charge in [-0.1, -0.05) is 66.7 Å². The smallest absolute Gasteiger partial charge is 0.337 e. The molecule has 0 aliphatic heterocycles. The van der Waals surface area contributed by atoms with Gasteiger partial charge in [0.05, 0.1) is 31.8 Å². The number of fused-ring (bicyclic) bond motifs is 1. The van der Waals surface area contributed by atoms with Gasteiger partial charge in [0.25, 0.3) is 0 Å². The van der Waals surface area contributed by atoms with Crippen molar-refractivity contribution in [3.05, 3.63) is 124 Å². The second-order valence-electron chi connectivity index (χ2n) is 10.1. The predicted octanol–water partition coefficient (Wildman–Crippen LogP) is 6.23. The van der Waals surface area contributed by atoms with Crippen LogP contribution in [-0.2, 0) is 28.9 Å². The lowest BCUT2D eigenvalue weighted by atomic mass is 9.76.